The van der Waals surface area contributed by atoms with Gasteiger partial charge in [-0.05, 0) is 87.6 Å². The number of amides is 1. The number of nitrogens with zero attached hydrogens (tertiary/aromatic N) is 3. The van der Waals surface area contributed by atoms with Crippen molar-refractivity contribution < 1.29 is 17.9 Å². The van der Waals surface area contributed by atoms with Crippen LogP contribution in [0.3, 0.4) is 0 Å². The Balaban J connectivity index is 1.22. The number of benzene rings is 2. The minimum Gasteiger partial charge on any atom is -0.497 e. The molecule has 1 amide bonds. The fourth-order valence-electron chi connectivity index (χ4n) is 6.29. The van der Waals surface area contributed by atoms with Gasteiger partial charge in [0, 0.05) is 42.6 Å². The molecule has 1 aliphatic rings. The molecule has 2 aromatic heterocycles. The number of carbonyl (C=O) groups is 1. The minimum atomic E-state index is -3.90. The molecule has 2 aromatic carbocycles. The summed E-state index contributed by atoms with van der Waals surface area (Å²) < 4.78 is 36.9. The molecule has 1 fully saturated rings. The number of ether oxygens (including phenoxy) is 1. The van der Waals surface area contributed by atoms with Gasteiger partial charge in [-0.25, -0.2) is 8.42 Å². The van der Waals surface area contributed by atoms with Gasteiger partial charge < -0.3 is 19.5 Å². The van der Waals surface area contributed by atoms with Crippen molar-refractivity contribution in [3.05, 3.63) is 76.1 Å². The number of sulfonamides is 1. The maximum Gasteiger partial charge on any atom is 0.262 e. The summed E-state index contributed by atoms with van der Waals surface area (Å²) in [4.78, 5) is 19.4. The van der Waals surface area contributed by atoms with Gasteiger partial charge >= 0.3 is 0 Å². The van der Waals surface area contributed by atoms with Gasteiger partial charge in [0.05, 0.1) is 28.7 Å². The van der Waals surface area contributed by atoms with E-state index in [4.69, 9.17) is 4.74 Å². The quantitative estimate of drug-likeness (QED) is 0.249. The summed E-state index contributed by atoms with van der Waals surface area (Å²) in [7, 11) is 1.99. The normalized spacial score (nSPS) is 15.6. The number of fused-ring (bicyclic) bond motifs is 1. The highest BCUT2D eigenvalue weighted by Gasteiger charge is 2.38. The van der Waals surface area contributed by atoms with Gasteiger partial charge in [-0.1, -0.05) is 18.2 Å². The molecule has 1 saturated heterocycles. The molecule has 0 spiro atoms. The average Bonchev–Trinajstić information content (AvgIpc) is 3.64. The maximum atomic E-state index is 13.5. The molecule has 5 rings (SSSR count). The zero-order chi connectivity index (χ0) is 30.8. The van der Waals surface area contributed by atoms with Crippen molar-refractivity contribution in [2.75, 3.05) is 52.1 Å². The maximum absolute atomic E-state index is 13.5. The minimum absolute atomic E-state index is 0.0768. The Morgan fingerprint density at radius 3 is 2.42 bits per heavy atom. The van der Waals surface area contributed by atoms with Crippen LogP contribution in [0.5, 0.6) is 5.75 Å². The Hall–Kier alpha value is -3.38. The molecular formula is C32H41N5O4S2. The number of rotatable bonds is 11. The van der Waals surface area contributed by atoms with Crippen LogP contribution >= 0.6 is 11.3 Å². The summed E-state index contributed by atoms with van der Waals surface area (Å²) >= 11 is 1.83. The molecule has 43 heavy (non-hydrogen) atoms. The van der Waals surface area contributed by atoms with Gasteiger partial charge in [-0.3, -0.25) is 14.4 Å². The van der Waals surface area contributed by atoms with E-state index in [2.05, 4.69) is 51.4 Å². The van der Waals surface area contributed by atoms with Crippen LogP contribution in [-0.4, -0.2) is 76.1 Å². The monoisotopic (exact) mass is 623 g/mol. The van der Waals surface area contributed by atoms with E-state index in [0.29, 0.717) is 34.6 Å². The fraction of sp³-hybridized carbons (Fsp3) is 0.406. The fourth-order valence-corrected chi connectivity index (χ4v) is 8.88. The van der Waals surface area contributed by atoms with Gasteiger partial charge in [-0.15, -0.1) is 11.3 Å². The molecule has 230 valence electrons. The number of carbonyl (C=O) groups excluding carboxylic acids is 1. The third kappa shape index (κ3) is 6.45. The molecule has 11 heteroatoms. The van der Waals surface area contributed by atoms with E-state index in [-0.39, 0.29) is 22.9 Å². The molecule has 0 unspecified atom stereocenters. The van der Waals surface area contributed by atoms with Crippen LogP contribution in [0.25, 0.3) is 10.9 Å². The van der Waals surface area contributed by atoms with Gasteiger partial charge in [0.15, 0.2) is 0 Å². The number of para-hydroxylation sites is 1. The third-order valence-electron chi connectivity index (χ3n) is 8.55. The Morgan fingerprint density at radius 2 is 1.79 bits per heavy atom. The molecule has 3 heterocycles. The molecule has 9 nitrogen and oxygen atoms in total. The average molecular weight is 624 g/mol. The lowest BCUT2D eigenvalue weighted by molar-refractivity contribution is -0.121. The predicted octanol–water partition coefficient (Wildman–Crippen LogP) is 4.80. The summed E-state index contributed by atoms with van der Waals surface area (Å²) in [6.45, 7) is 6.90. The van der Waals surface area contributed by atoms with Crippen LogP contribution in [0.15, 0.2) is 65.0 Å². The van der Waals surface area contributed by atoms with Crippen molar-refractivity contribution in [2.45, 2.75) is 43.7 Å². The number of piperidine rings is 1. The van der Waals surface area contributed by atoms with E-state index in [0.717, 1.165) is 37.9 Å². The number of aryl methyl sites for hydroxylation is 2. The van der Waals surface area contributed by atoms with Gasteiger partial charge in [0.25, 0.3) is 10.0 Å². The number of hydrogen-bond donors (Lipinski definition) is 2. The first-order valence-electron chi connectivity index (χ1n) is 14.5. The zero-order valence-corrected chi connectivity index (χ0v) is 27.1. The first-order valence-corrected chi connectivity index (χ1v) is 16.9. The summed E-state index contributed by atoms with van der Waals surface area (Å²) in [6, 6.07) is 15.1. The van der Waals surface area contributed by atoms with Crippen molar-refractivity contribution in [3.63, 3.8) is 0 Å². The second-order valence-electron chi connectivity index (χ2n) is 11.5. The first kappa shape index (κ1) is 31.1. The molecule has 2 N–H and O–H groups in total. The van der Waals surface area contributed by atoms with Crippen LogP contribution in [0.2, 0.25) is 0 Å². The highest BCUT2D eigenvalue weighted by atomic mass is 32.2. The van der Waals surface area contributed by atoms with Crippen molar-refractivity contribution >= 4 is 43.9 Å². The van der Waals surface area contributed by atoms with Crippen molar-refractivity contribution in [2.24, 2.45) is 0 Å². The lowest BCUT2D eigenvalue weighted by atomic mass is 9.84. The molecule has 0 saturated carbocycles. The van der Waals surface area contributed by atoms with Crippen LogP contribution in [-0.2, 0) is 26.9 Å². The van der Waals surface area contributed by atoms with Crippen LogP contribution in [0.4, 0.5) is 5.69 Å². The summed E-state index contributed by atoms with van der Waals surface area (Å²) in [5.41, 5.74) is 2.36. The molecule has 0 bridgehead atoms. The Labute approximate surface area is 258 Å². The number of hydrogen-bond acceptors (Lipinski definition) is 7. The number of aromatic nitrogens is 1. The first-order chi connectivity index (χ1) is 20.5. The summed E-state index contributed by atoms with van der Waals surface area (Å²) in [5, 5.41) is 6.06. The van der Waals surface area contributed by atoms with Crippen LogP contribution in [0.1, 0.15) is 28.8 Å². The third-order valence-corrected chi connectivity index (χ3v) is 11.3. The summed E-state index contributed by atoms with van der Waals surface area (Å²) in [5.74, 6) is 0.492. The second kappa shape index (κ2) is 12.7. The SMILES string of the molecule is COc1cc(C)c(S(=O)(=O)Nc2cccc3ccn(CC(=O)NCCN4CCC(c5cccs5)(N(C)C)CC4)c23)c(C)c1. The smallest absolute Gasteiger partial charge is 0.262 e. The standard InChI is InChI=1S/C32H41N5O4S2/c1-23-20-26(41-5)21-24(2)31(23)43(39,40)34-27-9-6-8-25-11-15-37(30(25)27)22-29(38)33-14-18-36-16-12-32(13-17-36,35(3)4)28-10-7-19-42-28/h6-11,15,19-21,34H,12-14,16-18,22H2,1-5H3,(H,33,38). The van der Waals surface area contributed by atoms with Gasteiger partial charge in [0.2, 0.25) is 5.91 Å². The van der Waals surface area contributed by atoms with E-state index in [1.807, 2.05) is 29.7 Å². The molecule has 0 atom stereocenters. The van der Waals surface area contributed by atoms with Crippen molar-refractivity contribution in [3.8, 4) is 5.75 Å². The highest BCUT2D eigenvalue weighted by molar-refractivity contribution is 7.92. The van der Waals surface area contributed by atoms with Crippen molar-refractivity contribution in [1.29, 1.82) is 0 Å². The van der Waals surface area contributed by atoms with E-state index in [9.17, 15) is 13.2 Å². The summed E-state index contributed by atoms with van der Waals surface area (Å²) in [6.07, 6.45) is 3.93. The molecule has 0 radical (unpaired) electrons. The Bertz CT molecular complexity index is 1660. The molecular weight excluding hydrogens is 583 g/mol. The van der Waals surface area contributed by atoms with E-state index < -0.39 is 10.0 Å². The molecule has 0 aliphatic carbocycles. The van der Waals surface area contributed by atoms with E-state index in [1.54, 1.807) is 49.8 Å². The molecule has 1 aliphatic heterocycles. The number of anilines is 1. The van der Waals surface area contributed by atoms with Crippen LogP contribution in [0, 0.1) is 13.8 Å². The second-order valence-corrected chi connectivity index (χ2v) is 14.0. The number of thiophene rings is 1. The Morgan fingerprint density at radius 1 is 1.07 bits per heavy atom. The van der Waals surface area contributed by atoms with Gasteiger partial charge in [0.1, 0.15) is 12.3 Å². The number of methoxy groups -OCH3 is 1. The van der Waals surface area contributed by atoms with Crippen LogP contribution < -0.4 is 14.8 Å². The lowest BCUT2D eigenvalue weighted by Crippen LogP contribution is -2.51. The Kier molecular flexibility index (Phi) is 9.17. The highest BCUT2D eigenvalue weighted by Crippen LogP contribution is 2.39. The number of likely N-dealkylation sites (tertiary alicyclic amines) is 1. The predicted molar refractivity (Wildman–Crippen MR) is 174 cm³/mol. The zero-order valence-electron chi connectivity index (χ0n) is 25.5. The number of nitrogens with one attached hydrogen (secondary N) is 2. The topological polar surface area (TPSA) is 95.9 Å². The van der Waals surface area contributed by atoms with Gasteiger partial charge in [-0.2, -0.15) is 0 Å². The lowest BCUT2D eigenvalue weighted by Gasteiger charge is -2.45. The largest absolute Gasteiger partial charge is 0.497 e. The molecule has 4 aromatic rings. The van der Waals surface area contributed by atoms with Crippen molar-refractivity contribution in [1.82, 2.24) is 19.7 Å². The van der Waals surface area contributed by atoms with E-state index >= 15 is 0 Å². The van der Waals surface area contributed by atoms with E-state index in [1.165, 1.54) is 4.88 Å².